The molecule has 6 heteroatoms. The van der Waals surface area contributed by atoms with Crippen LogP contribution in [0.1, 0.15) is 10.4 Å². The van der Waals surface area contributed by atoms with E-state index in [1.807, 2.05) is 4.90 Å². The fraction of sp³-hybridized carbons (Fsp3) is 0.364. The Labute approximate surface area is 102 Å². The minimum atomic E-state index is -0.966. The van der Waals surface area contributed by atoms with Crippen LogP contribution in [0.25, 0.3) is 0 Å². The number of nitrogens with two attached hydrogens (primary N) is 1. The van der Waals surface area contributed by atoms with Gasteiger partial charge in [0.25, 0.3) is 0 Å². The second-order valence-electron chi connectivity index (χ2n) is 3.92. The van der Waals surface area contributed by atoms with Crippen molar-refractivity contribution in [2.24, 2.45) is 0 Å². The van der Waals surface area contributed by atoms with Crippen molar-refractivity contribution in [3.63, 3.8) is 0 Å². The lowest BCUT2D eigenvalue weighted by Gasteiger charge is -2.29. The number of rotatable bonds is 2. The third-order valence-corrected chi connectivity index (χ3v) is 4.05. The van der Waals surface area contributed by atoms with Crippen LogP contribution in [-0.4, -0.2) is 39.9 Å². The number of anilines is 2. The standard InChI is InChI=1S/C11H14N2O3S/c12-8-1-2-9(11(14)15)10(7-8)13-3-5-17(16)6-4-13/h1-2,7H,3-6,12H2,(H,14,15). The third kappa shape index (κ3) is 2.58. The van der Waals surface area contributed by atoms with Crippen molar-refractivity contribution in [2.75, 3.05) is 35.2 Å². The Morgan fingerprint density at radius 2 is 2.00 bits per heavy atom. The Morgan fingerprint density at radius 3 is 2.59 bits per heavy atom. The molecule has 2 rings (SSSR count). The van der Waals surface area contributed by atoms with Gasteiger partial charge in [-0.3, -0.25) is 4.21 Å². The number of nitrogen functional groups attached to an aromatic ring is 1. The van der Waals surface area contributed by atoms with Gasteiger partial charge in [-0.25, -0.2) is 4.79 Å². The van der Waals surface area contributed by atoms with E-state index in [-0.39, 0.29) is 5.56 Å². The molecular weight excluding hydrogens is 240 g/mol. The van der Waals surface area contributed by atoms with E-state index in [4.69, 9.17) is 10.8 Å². The minimum absolute atomic E-state index is 0.242. The molecule has 0 amide bonds. The molecule has 0 saturated carbocycles. The predicted molar refractivity (Wildman–Crippen MR) is 67.9 cm³/mol. The van der Waals surface area contributed by atoms with Crippen molar-refractivity contribution in [1.82, 2.24) is 0 Å². The quantitative estimate of drug-likeness (QED) is 0.752. The summed E-state index contributed by atoms with van der Waals surface area (Å²) >= 11 is 0. The van der Waals surface area contributed by atoms with Gasteiger partial charge in [0.2, 0.25) is 0 Å². The van der Waals surface area contributed by atoms with Crippen LogP contribution in [0.15, 0.2) is 18.2 Å². The molecule has 0 spiro atoms. The van der Waals surface area contributed by atoms with Crippen LogP contribution in [0.4, 0.5) is 11.4 Å². The number of benzene rings is 1. The van der Waals surface area contributed by atoms with Gasteiger partial charge in [-0.2, -0.15) is 0 Å². The van der Waals surface area contributed by atoms with Crippen LogP contribution in [-0.2, 0) is 10.8 Å². The van der Waals surface area contributed by atoms with E-state index in [1.165, 1.54) is 6.07 Å². The van der Waals surface area contributed by atoms with E-state index in [0.717, 1.165) is 0 Å². The molecule has 3 N–H and O–H groups in total. The first kappa shape index (κ1) is 11.9. The Balaban J connectivity index is 2.33. The average Bonchev–Trinajstić information content (AvgIpc) is 2.29. The Morgan fingerprint density at radius 1 is 1.35 bits per heavy atom. The molecule has 17 heavy (non-hydrogen) atoms. The van der Waals surface area contributed by atoms with E-state index in [1.54, 1.807) is 12.1 Å². The number of carboxylic acids is 1. The largest absolute Gasteiger partial charge is 0.478 e. The number of aromatic carboxylic acids is 1. The number of nitrogens with zero attached hydrogens (tertiary/aromatic N) is 1. The van der Waals surface area contributed by atoms with Crippen LogP contribution in [0.5, 0.6) is 0 Å². The zero-order chi connectivity index (χ0) is 12.4. The minimum Gasteiger partial charge on any atom is -0.478 e. The summed E-state index contributed by atoms with van der Waals surface area (Å²) in [4.78, 5) is 13.0. The lowest BCUT2D eigenvalue weighted by molar-refractivity contribution is 0.0697. The Kier molecular flexibility index (Phi) is 3.33. The van der Waals surface area contributed by atoms with Crippen LogP contribution >= 0.6 is 0 Å². The summed E-state index contributed by atoms with van der Waals surface area (Å²) in [6.07, 6.45) is 0. The Bertz CT molecular complexity index is 466. The molecule has 5 nitrogen and oxygen atoms in total. The average molecular weight is 254 g/mol. The van der Waals surface area contributed by atoms with Gasteiger partial charge in [-0.1, -0.05) is 0 Å². The fourth-order valence-electron chi connectivity index (χ4n) is 1.87. The molecule has 1 aromatic carbocycles. The molecular formula is C11H14N2O3S. The molecule has 0 atom stereocenters. The van der Waals surface area contributed by atoms with Gasteiger partial charge >= 0.3 is 5.97 Å². The lowest BCUT2D eigenvalue weighted by atomic mass is 10.1. The Hall–Kier alpha value is -1.56. The molecule has 0 radical (unpaired) electrons. The SMILES string of the molecule is Nc1ccc(C(=O)O)c(N2CCS(=O)CC2)c1. The number of carbonyl (C=O) groups is 1. The summed E-state index contributed by atoms with van der Waals surface area (Å²) in [6.45, 7) is 1.21. The van der Waals surface area contributed by atoms with Crippen LogP contribution in [0.3, 0.4) is 0 Å². The third-order valence-electron chi connectivity index (χ3n) is 2.77. The smallest absolute Gasteiger partial charge is 0.337 e. The number of hydrogen-bond acceptors (Lipinski definition) is 4. The lowest BCUT2D eigenvalue weighted by Crippen LogP contribution is -2.38. The van der Waals surface area contributed by atoms with Crippen molar-refractivity contribution in [3.8, 4) is 0 Å². The van der Waals surface area contributed by atoms with Gasteiger partial charge in [0, 0.05) is 41.1 Å². The molecule has 0 unspecified atom stereocenters. The monoisotopic (exact) mass is 254 g/mol. The highest BCUT2D eigenvalue weighted by atomic mass is 32.2. The summed E-state index contributed by atoms with van der Waals surface area (Å²) in [6, 6.07) is 4.76. The molecule has 1 fully saturated rings. The fourth-order valence-corrected chi connectivity index (χ4v) is 2.92. The predicted octanol–water partition coefficient (Wildman–Crippen LogP) is 0.536. The molecule has 92 valence electrons. The van der Waals surface area contributed by atoms with Crippen molar-refractivity contribution >= 4 is 28.1 Å². The second kappa shape index (κ2) is 4.75. The summed E-state index contributed by atoms with van der Waals surface area (Å²) < 4.78 is 11.3. The van der Waals surface area contributed by atoms with Gasteiger partial charge in [0.15, 0.2) is 0 Å². The molecule has 0 aliphatic carbocycles. The van der Waals surface area contributed by atoms with Crippen LogP contribution in [0.2, 0.25) is 0 Å². The van der Waals surface area contributed by atoms with Crippen molar-refractivity contribution < 1.29 is 14.1 Å². The van der Waals surface area contributed by atoms with Gasteiger partial charge in [-0.05, 0) is 18.2 Å². The van der Waals surface area contributed by atoms with E-state index >= 15 is 0 Å². The normalized spacial score (nSPS) is 17.1. The van der Waals surface area contributed by atoms with Crippen molar-refractivity contribution in [2.45, 2.75) is 0 Å². The molecule has 1 heterocycles. The molecule has 1 aromatic rings. The van der Waals surface area contributed by atoms with Gasteiger partial charge in [0.1, 0.15) is 0 Å². The highest BCUT2D eigenvalue weighted by Gasteiger charge is 2.20. The zero-order valence-electron chi connectivity index (χ0n) is 9.26. The van der Waals surface area contributed by atoms with Crippen LogP contribution in [0, 0.1) is 0 Å². The number of hydrogen-bond donors (Lipinski definition) is 2. The summed E-state index contributed by atoms with van der Waals surface area (Å²) in [5.74, 6) is 0.188. The van der Waals surface area contributed by atoms with E-state index < -0.39 is 16.8 Å². The topological polar surface area (TPSA) is 83.6 Å². The zero-order valence-corrected chi connectivity index (χ0v) is 10.1. The van der Waals surface area contributed by atoms with Gasteiger partial charge in [-0.15, -0.1) is 0 Å². The first-order chi connectivity index (χ1) is 8.08. The molecule has 0 aromatic heterocycles. The summed E-state index contributed by atoms with van der Waals surface area (Å²) in [5, 5.41) is 9.11. The van der Waals surface area contributed by atoms with E-state index in [9.17, 15) is 9.00 Å². The highest BCUT2D eigenvalue weighted by Crippen LogP contribution is 2.24. The second-order valence-corrected chi connectivity index (χ2v) is 5.61. The highest BCUT2D eigenvalue weighted by molar-refractivity contribution is 7.85. The van der Waals surface area contributed by atoms with E-state index in [0.29, 0.717) is 36.0 Å². The van der Waals surface area contributed by atoms with Gasteiger partial charge < -0.3 is 15.7 Å². The first-order valence-electron chi connectivity index (χ1n) is 5.30. The van der Waals surface area contributed by atoms with Crippen molar-refractivity contribution in [1.29, 1.82) is 0 Å². The summed E-state index contributed by atoms with van der Waals surface area (Å²) in [7, 11) is -0.778. The molecule has 1 saturated heterocycles. The van der Waals surface area contributed by atoms with E-state index in [2.05, 4.69) is 0 Å². The van der Waals surface area contributed by atoms with Crippen LogP contribution < -0.4 is 10.6 Å². The van der Waals surface area contributed by atoms with Gasteiger partial charge in [0.05, 0.1) is 11.3 Å². The maximum atomic E-state index is 11.3. The maximum absolute atomic E-state index is 11.3. The first-order valence-corrected chi connectivity index (χ1v) is 6.79. The maximum Gasteiger partial charge on any atom is 0.337 e. The molecule has 1 aliphatic rings. The summed E-state index contributed by atoms with van der Waals surface area (Å²) in [5.41, 5.74) is 7.08. The van der Waals surface area contributed by atoms with Crippen molar-refractivity contribution in [3.05, 3.63) is 23.8 Å². The molecule has 0 bridgehead atoms. The number of carboxylic acid groups (broad SMARTS) is 1. The molecule has 1 aliphatic heterocycles.